The van der Waals surface area contributed by atoms with Gasteiger partial charge < -0.3 is 10.1 Å². The molecule has 2 atom stereocenters. The average Bonchev–Trinajstić information content (AvgIpc) is 2.93. The van der Waals surface area contributed by atoms with Crippen LogP contribution >= 0.6 is 0 Å². The number of carbonyl (C=O) groups is 2. The Labute approximate surface area is 118 Å². The van der Waals surface area contributed by atoms with Gasteiger partial charge in [0.25, 0.3) is 0 Å². The zero-order chi connectivity index (χ0) is 14.3. The lowest BCUT2D eigenvalue weighted by Gasteiger charge is -2.29. The molecule has 20 heavy (non-hydrogen) atoms. The number of esters is 1. The SMILES string of the molecule is CCOC(=O)C1NC(=O)CC12CCc1ccc(C)cc12. The van der Waals surface area contributed by atoms with E-state index in [0.717, 1.165) is 24.0 Å². The Morgan fingerprint density at radius 2 is 2.30 bits per heavy atom. The number of aryl methyl sites for hydroxylation is 2. The second kappa shape index (κ2) is 4.62. The van der Waals surface area contributed by atoms with Crippen molar-refractivity contribution < 1.29 is 14.3 Å². The molecule has 2 aliphatic rings. The van der Waals surface area contributed by atoms with E-state index >= 15 is 0 Å². The summed E-state index contributed by atoms with van der Waals surface area (Å²) < 4.78 is 5.15. The number of carbonyl (C=O) groups excluding carboxylic acids is 2. The van der Waals surface area contributed by atoms with E-state index in [9.17, 15) is 9.59 Å². The quantitative estimate of drug-likeness (QED) is 0.833. The number of ether oxygens (including phenoxy) is 1. The van der Waals surface area contributed by atoms with Crippen LogP contribution in [0.25, 0.3) is 0 Å². The summed E-state index contributed by atoms with van der Waals surface area (Å²) in [6, 6.07) is 5.78. The highest BCUT2D eigenvalue weighted by atomic mass is 16.5. The Bertz CT molecular complexity index is 581. The van der Waals surface area contributed by atoms with Gasteiger partial charge in [0.05, 0.1) is 6.61 Å². The van der Waals surface area contributed by atoms with E-state index in [0.29, 0.717) is 13.0 Å². The van der Waals surface area contributed by atoms with Gasteiger partial charge in [0.1, 0.15) is 6.04 Å². The van der Waals surface area contributed by atoms with Crippen LogP contribution in [0.5, 0.6) is 0 Å². The predicted molar refractivity (Wildman–Crippen MR) is 74.4 cm³/mol. The molecule has 1 aliphatic heterocycles. The topological polar surface area (TPSA) is 55.4 Å². The van der Waals surface area contributed by atoms with E-state index in [1.54, 1.807) is 6.92 Å². The molecule has 1 aromatic rings. The molecule has 4 heteroatoms. The van der Waals surface area contributed by atoms with E-state index in [4.69, 9.17) is 4.74 Å². The van der Waals surface area contributed by atoms with Gasteiger partial charge in [-0.05, 0) is 37.8 Å². The molecular formula is C16H19NO3. The van der Waals surface area contributed by atoms with E-state index in [1.165, 1.54) is 5.56 Å². The maximum Gasteiger partial charge on any atom is 0.329 e. The first-order valence-corrected chi connectivity index (χ1v) is 7.13. The molecule has 1 fully saturated rings. The molecule has 0 aromatic heterocycles. The maximum absolute atomic E-state index is 12.2. The van der Waals surface area contributed by atoms with E-state index in [1.807, 2.05) is 6.92 Å². The highest BCUT2D eigenvalue weighted by molar-refractivity contribution is 5.92. The monoisotopic (exact) mass is 273 g/mol. The summed E-state index contributed by atoms with van der Waals surface area (Å²) in [6.45, 7) is 4.16. The van der Waals surface area contributed by atoms with E-state index in [-0.39, 0.29) is 11.9 Å². The zero-order valence-electron chi connectivity index (χ0n) is 11.9. The lowest BCUT2D eigenvalue weighted by atomic mass is 9.75. The summed E-state index contributed by atoms with van der Waals surface area (Å²) in [7, 11) is 0. The fourth-order valence-corrected chi connectivity index (χ4v) is 3.60. The normalized spacial score (nSPS) is 27.5. The van der Waals surface area contributed by atoms with Crippen LogP contribution < -0.4 is 5.32 Å². The van der Waals surface area contributed by atoms with Crippen LogP contribution in [0.1, 0.15) is 36.5 Å². The fourth-order valence-electron chi connectivity index (χ4n) is 3.60. The van der Waals surface area contributed by atoms with Crippen molar-refractivity contribution in [3.8, 4) is 0 Å². The smallest absolute Gasteiger partial charge is 0.329 e. The average molecular weight is 273 g/mol. The predicted octanol–water partition coefficient (Wildman–Crippen LogP) is 1.63. The van der Waals surface area contributed by atoms with E-state index in [2.05, 4.69) is 23.5 Å². The molecule has 4 nitrogen and oxygen atoms in total. The van der Waals surface area contributed by atoms with Gasteiger partial charge in [0, 0.05) is 11.8 Å². The Hall–Kier alpha value is -1.84. The molecule has 106 valence electrons. The third-order valence-corrected chi connectivity index (χ3v) is 4.50. The first kappa shape index (κ1) is 13.2. The highest BCUT2D eigenvalue weighted by Crippen LogP contribution is 2.47. The fraction of sp³-hybridized carbons (Fsp3) is 0.500. The van der Waals surface area contributed by atoms with Gasteiger partial charge >= 0.3 is 5.97 Å². The molecule has 0 saturated carbocycles. The molecule has 1 aliphatic carbocycles. The minimum absolute atomic E-state index is 0.0580. The van der Waals surface area contributed by atoms with Crippen molar-refractivity contribution in [2.24, 2.45) is 0 Å². The third kappa shape index (κ3) is 1.82. The van der Waals surface area contributed by atoms with Gasteiger partial charge in [-0.2, -0.15) is 0 Å². The van der Waals surface area contributed by atoms with Gasteiger partial charge in [-0.1, -0.05) is 23.8 Å². The molecule has 2 unspecified atom stereocenters. The molecule has 1 spiro atoms. The van der Waals surface area contributed by atoms with Crippen LogP contribution in [-0.2, 0) is 26.2 Å². The van der Waals surface area contributed by atoms with Gasteiger partial charge in [0.2, 0.25) is 5.91 Å². The summed E-state index contributed by atoms with van der Waals surface area (Å²) in [5.41, 5.74) is 3.15. The summed E-state index contributed by atoms with van der Waals surface area (Å²) in [5, 5.41) is 2.82. The van der Waals surface area contributed by atoms with Crippen molar-refractivity contribution in [2.45, 2.75) is 44.6 Å². The number of amides is 1. The molecule has 1 heterocycles. The van der Waals surface area contributed by atoms with Crippen molar-refractivity contribution in [1.82, 2.24) is 5.32 Å². The number of nitrogens with one attached hydrogen (secondary N) is 1. The van der Waals surface area contributed by atoms with Crippen molar-refractivity contribution in [1.29, 1.82) is 0 Å². The second-order valence-corrected chi connectivity index (χ2v) is 5.75. The maximum atomic E-state index is 12.2. The minimum atomic E-state index is -0.544. The summed E-state index contributed by atoms with van der Waals surface area (Å²) >= 11 is 0. The van der Waals surface area contributed by atoms with Crippen molar-refractivity contribution in [2.75, 3.05) is 6.61 Å². The van der Waals surface area contributed by atoms with Crippen LogP contribution in [0.15, 0.2) is 18.2 Å². The molecular weight excluding hydrogens is 254 g/mol. The van der Waals surface area contributed by atoms with Crippen LogP contribution in [0.2, 0.25) is 0 Å². The molecule has 0 radical (unpaired) electrons. The first-order chi connectivity index (χ1) is 9.56. The molecule has 1 saturated heterocycles. The Morgan fingerprint density at radius 1 is 1.50 bits per heavy atom. The van der Waals surface area contributed by atoms with Gasteiger partial charge in [-0.3, -0.25) is 4.79 Å². The van der Waals surface area contributed by atoms with Crippen molar-refractivity contribution in [3.05, 3.63) is 34.9 Å². The Balaban J connectivity index is 2.05. The number of benzene rings is 1. The largest absolute Gasteiger partial charge is 0.464 e. The molecule has 1 aromatic carbocycles. The van der Waals surface area contributed by atoms with Crippen LogP contribution in [0.4, 0.5) is 0 Å². The standard InChI is InChI=1S/C16H19NO3/c1-3-20-15(19)14-16(9-13(18)17-14)7-6-11-5-4-10(2)8-12(11)16/h4-5,8,14H,3,6-7,9H2,1-2H3,(H,17,18). The van der Waals surface area contributed by atoms with Gasteiger partial charge in [0.15, 0.2) is 0 Å². The Kier molecular flexibility index (Phi) is 3.04. The second-order valence-electron chi connectivity index (χ2n) is 5.75. The van der Waals surface area contributed by atoms with Crippen LogP contribution in [-0.4, -0.2) is 24.5 Å². The Morgan fingerprint density at radius 3 is 3.05 bits per heavy atom. The van der Waals surface area contributed by atoms with Crippen LogP contribution in [0.3, 0.4) is 0 Å². The molecule has 3 rings (SSSR count). The summed E-state index contributed by atoms with van der Waals surface area (Å²) in [6.07, 6.45) is 2.13. The van der Waals surface area contributed by atoms with E-state index < -0.39 is 11.5 Å². The van der Waals surface area contributed by atoms with Gasteiger partial charge in [-0.25, -0.2) is 4.79 Å². The third-order valence-electron chi connectivity index (χ3n) is 4.50. The van der Waals surface area contributed by atoms with Gasteiger partial charge in [-0.15, -0.1) is 0 Å². The number of rotatable bonds is 2. The number of hydrogen-bond acceptors (Lipinski definition) is 3. The molecule has 0 bridgehead atoms. The lowest BCUT2D eigenvalue weighted by molar-refractivity contribution is -0.147. The first-order valence-electron chi connectivity index (χ1n) is 7.13. The summed E-state index contributed by atoms with van der Waals surface area (Å²) in [4.78, 5) is 24.1. The molecule has 1 amide bonds. The minimum Gasteiger partial charge on any atom is -0.464 e. The number of fused-ring (bicyclic) bond motifs is 2. The van der Waals surface area contributed by atoms with Crippen molar-refractivity contribution in [3.63, 3.8) is 0 Å². The lowest BCUT2D eigenvalue weighted by Crippen LogP contribution is -2.46. The highest BCUT2D eigenvalue weighted by Gasteiger charge is 2.55. The summed E-state index contributed by atoms with van der Waals surface area (Å²) in [5.74, 6) is -0.370. The van der Waals surface area contributed by atoms with Crippen molar-refractivity contribution >= 4 is 11.9 Å². The van der Waals surface area contributed by atoms with Crippen LogP contribution in [0, 0.1) is 6.92 Å². The zero-order valence-corrected chi connectivity index (χ0v) is 11.9. The number of hydrogen-bond donors (Lipinski definition) is 1. The molecule has 1 N–H and O–H groups in total.